The first kappa shape index (κ1) is 26.2. The van der Waals surface area contributed by atoms with E-state index >= 15 is 0 Å². The molecule has 1 rings (SSSR count). The number of carboxylic acid groups (broad SMARTS) is 1. The van der Waals surface area contributed by atoms with Crippen LogP contribution in [-0.2, 0) is 50.2 Å². The molecule has 0 amide bonds. The fraction of sp³-hybridized carbons (Fsp3) is 0.429. The van der Waals surface area contributed by atoms with Crippen molar-refractivity contribution in [2.75, 3.05) is 7.11 Å². The van der Waals surface area contributed by atoms with Crippen LogP contribution in [0, 0.1) is 0 Å². The third kappa shape index (κ3) is 12.4. The van der Waals surface area contributed by atoms with Crippen LogP contribution in [0.3, 0.4) is 0 Å². The third-order valence-corrected chi connectivity index (χ3v) is 10.4. The van der Waals surface area contributed by atoms with E-state index in [1.54, 1.807) is 25.3 Å². The van der Waals surface area contributed by atoms with Gasteiger partial charge in [0.1, 0.15) is 0 Å². The molecule has 2 radical (unpaired) electrons. The molecule has 6 nitrogen and oxygen atoms in total. The first-order valence-electron chi connectivity index (χ1n) is 7.11. The van der Waals surface area contributed by atoms with Crippen molar-refractivity contribution in [1.82, 2.24) is 0 Å². The zero-order valence-corrected chi connectivity index (χ0v) is 21.0. The Kier molecular flexibility index (Phi) is 14.5. The van der Waals surface area contributed by atoms with E-state index in [1.807, 2.05) is 13.1 Å². The Hall–Kier alpha value is -0.00545. The molecule has 1 N–H and O–H groups in total. The number of Topliss-reactive ketones (excluding diaryl/α,β-unsaturated/α-hetero) is 1. The van der Waals surface area contributed by atoms with Crippen molar-refractivity contribution in [3.05, 3.63) is 35.9 Å². The van der Waals surface area contributed by atoms with E-state index in [0.29, 0.717) is 0 Å². The summed E-state index contributed by atoms with van der Waals surface area (Å²) in [6.07, 6.45) is 0. The maximum Gasteiger partial charge on any atom is 0.377 e. The van der Waals surface area contributed by atoms with Crippen LogP contribution in [-0.4, -0.2) is 50.9 Å². The summed E-state index contributed by atoms with van der Waals surface area (Å²) in [5.74, 6) is -2.29. The van der Waals surface area contributed by atoms with Crippen LogP contribution in [0.1, 0.15) is 10.4 Å². The van der Waals surface area contributed by atoms with Gasteiger partial charge in [0.2, 0.25) is 0 Å². The predicted molar refractivity (Wildman–Crippen MR) is 95.6 cm³/mol. The van der Waals surface area contributed by atoms with Crippen LogP contribution < -0.4 is 0 Å². The van der Waals surface area contributed by atoms with Crippen LogP contribution in [0.25, 0.3) is 0 Å². The van der Waals surface area contributed by atoms with Crippen LogP contribution in [0.5, 0.6) is 0 Å². The van der Waals surface area contributed by atoms with E-state index in [0.717, 1.165) is 0 Å². The van der Waals surface area contributed by atoms with Crippen molar-refractivity contribution < 1.29 is 60.1 Å². The molecule has 0 spiro atoms. The summed E-state index contributed by atoms with van der Waals surface area (Å²) < 4.78 is 16.7. The Bertz CT molecular complexity index is 499. The average Bonchev–Trinajstić information content (AvgIpc) is 2.46. The molecule has 0 aliphatic heterocycles. The van der Waals surface area contributed by atoms with Gasteiger partial charge >= 0.3 is 14.5 Å². The van der Waals surface area contributed by atoms with E-state index in [9.17, 15) is 9.59 Å². The van der Waals surface area contributed by atoms with Gasteiger partial charge in [-0.05, 0) is 32.7 Å². The van der Waals surface area contributed by atoms with E-state index < -0.39 is 38.6 Å². The summed E-state index contributed by atoms with van der Waals surface area (Å²) in [6, 6.07) is 7.90. The van der Waals surface area contributed by atoms with E-state index in [4.69, 9.17) is 17.8 Å². The fourth-order valence-corrected chi connectivity index (χ4v) is 8.38. The first-order valence-corrected chi connectivity index (χ1v) is 14.4. The summed E-state index contributed by atoms with van der Waals surface area (Å²) in [5.41, 5.74) is 0.208. The number of rotatable bonds is 7. The van der Waals surface area contributed by atoms with Crippen LogP contribution in [0.2, 0.25) is 32.7 Å². The molecule has 1 unspecified atom stereocenters. The topological polar surface area (TPSA) is 82.1 Å². The fourth-order valence-electron chi connectivity index (χ4n) is 1.52. The van der Waals surface area contributed by atoms with Crippen molar-refractivity contribution in [1.29, 1.82) is 0 Å². The predicted octanol–water partition coefficient (Wildman–Crippen LogP) is 2.42. The van der Waals surface area contributed by atoms with Crippen LogP contribution >= 0.6 is 0 Å². The van der Waals surface area contributed by atoms with Crippen LogP contribution in [0.4, 0.5) is 0 Å². The first-order chi connectivity index (χ1) is 10.6. The quantitative estimate of drug-likeness (QED) is 0.381. The Morgan fingerprint density at radius 3 is 2.04 bits per heavy atom. The molecule has 24 heavy (non-hydrogen) atoms. The summed E-state index contributed by atoms with van der Waals surface area (Å²) in [7, 11) is -2.18. The normalized spacial score (nSPS) is 11.8. The average molecular weight is 463 g/mol. The van der Waals surface area contributed by atoms with Crippen molar-refractivity contribution >= 4 is 38.6 Å². The number of hydrogen-bond acceptors (Lipinski definition) is 5. The van der Waals surface area contributed by atoms with Gasteiger partial charge in [-0.2, -0.15) is 0 Å². The van der Waals surface area contributed by atoms with Gasteiger partial charge in [-0.25, -0.2) is 4.79 Å². The second kappa shape index (κ2) is 13.2. The van der Waals surface area contributed by atoms with Gasteiger partial charge in [0.15, 0.2) is 9.04 Å². The third-order valence-electron chi connectivity index (χ3n) is 2.57. The Labute approximate surface area is 173 Å². The standard InChI is InChI=1S/C8H6O3.C6H19O3Si3.Y/c9-7(8(10)11)6-4-2-1-3-5-6;1-7-12(5,6)9-11(4)8-10(2)3;/h1-5H,(H,10,11);11H,1-6H3;. The minimum Gasteiger partial charge on any atom is -0.475 e. The monoisotopic (exact) mass is 462 g/mol. The second-order valence-corrected chi connectivity index (χ2v) is 13.4. The molecule has 0 saturated carbocycles. The summed E-state index contributed by atoms with van der Waals surface area (Å²) in [5, 5.41) is 8.29. The second-order valence-electron chi connectivity index (χ2n) is 5.32. The van der Waals surface area contributed by atoms with Crippen molar-refractivity contribution in [2.24, 2.45) is 0 Å². The summed E-state index contributed by atoms with van der Waals surface area (Å²) >= 11 is 0. The van der Waals surface area contributed by atoms with Gasteiger partial charge in [0.05, 0.1) is 0 Å². The number of aliphatic carboxylic acids is 1. The molecule has 0 aliphatic carbocycles. The number of carbonyl (C=O) groups excluding carboxylic acids is 1. The number of hydrogen-bond donors (Lipinski definition) is 1. The van der Waals surface area contributed by atoms with Gasteiger partial charge in [-0.15, -0.1) is 0 Å². The Balaban J connectivity index is 0. The molecule has 1 aromatic rings. The van der Waals surface area contributed by atoms with E-state index in [1.165, 1.54) is 12.1 Å². The zero-order valence-electron chi connectivity index (χ0n) is 15.0. The van der Waals surface area contributed by atoms with Gasteiger partial charge in [-0.3, -0.25) is 4.79 Å². The largest absolute Gasteiger partial charge is 0.475 e. The SMILES string of the molecule is CO[Si](C)(C)O[SiH](C)O[Si](C)C.O=C(O)C(=O)c1ccccc1.[Y]. The van der Waals surface area contributed by atoms with Gasteiger partial charge < -0.3 is 17.8 Å². The Morgan fingerprint density at radius 2 is 1.67 bits per heavy atom. The number of benzene rings is 1. The number of carbonyl (C=O) groups is 2. The summed E-state index contributed by atoms with van der Waals surface area (Å²) in [6.45, 7) is 10.4. The molecule has 1 atom stereocenters. The minimum absolute atomic E-state index is 0. The van der Waals surface area contributed by atoms with Crippen molar-refractivity contribution in [3.8, 4) is 0 Å². The van der Waals surface area contributed by atoms with E-state index in [-0.39, 0.29) is 38.3 Å². The number of carboxylic acids is 1. The maximum atomic E-state index is 10.7. The smallest absolute Gasteiger partial charge is 0.377 e. The number of ketones is 1. The molecule has 132 valence electrons. The van der Waals surface area contributed by atoms with Gasteiger partial charge in [0, 0.05) is 45.4 Å². The van der Waals surface area contributed by atoms with Crippen molar-refractivity contribution in [2.45, 2.75) is 32.7 Å². The molecule has 1 aromatic carbocycles. The maximum absolute atomic E-state index is 10.7. The van der Waals surface area contributed by atoms with Gasteiger partial charge in [0.25, 0.3) is 15.1 Å². The van der Waals surface area contributed by atoms with Crippen LogP contribution in [0.15, 0.2) is 30.3 Å². The molecule has 0 saturated heterocycles. The molecule has 0 aromatic heterocycles. The minimum atomic E-state index is -1.85. The molecular weight excluding hydrogens is 437 g/mol. The zero-order chi connectivity index (χ0) is 18.0. The molecule has 0 fully saturated rings. The Morgan fingerprint density at radius 1 is 1.17 bits per heavy atom. The van der Waals surface area contributed by atoms with E-state index in [2.05, 4.69) is 19.6 Å². The summed E-state index contributed by atoms with van der Waals surface area (Å²) in [4.78, 5) is 20.9. The molecule has 0 bridgehead atoms. The molecule has 0 heterocycles. The van der Waals surface area contributed by atoms with Crippen molar-refractivity contribution in [3.63, 3.8) is 0 Å². The van der Waals surface area contributed by atoms with Gasteiger partial charge in [-0.1, -0.05) is 30.3 Å². The molecule has 10 heteroatoms. The molecular formula is C14H25O6Si3Y. The molecule has 0 aliphatic rings.